The SMILES string of the molecule is COc1cccc(C(NC(=O)c2sc(NC(=O)c3ccccc3Cl)cc2C)c2nccn2C)c1. The molecule has 7 nitrogen and oxygen atoms in total. The van der Waals surface area contributed by atoms with Crippen LogP contribution in [0.4, 0.5) is 5.00 Å². The largest absolute Gasteiger partial charge is 0.497 e. The topological polar surface area (TPSA) is 85.2 Å². The van der Waals surface area contributed by atoms with Crippen molar-refractivity contribution in [3.05, 3.63) is 99.4 Å². The minimum Gasteiger partial charge on any atom is -0.497 e. The maximum absolute atomic E-state index is 13.3. The van der Waals surface area contributed by atoms with Crippen molar-refractivity contribution in [3.8, 4) is 5.75 Å². The van der Waals surface area contributed by atoms with Crippen molar-refractivity contribution >= 4 is 39.8 Å². The van der Waals surface area contributed by atoms with E-state index in [-0.39, 0.29) is 11.8 Å². The molecule has 4 aromatic rings. The molecule has 1 unspecified atom stereocenters. The van der Waals surface area contributed by atoms with E-state index >= 15 is 0 Å². The van der Waals surface area contributed by atoms with Gasteiger partial charge < -0.3 is 19.9 Å². The lowest BCUT2D eigenvalue weighted by molar-refractivity contribution is 0.0943. The number of carbonyl (C=O) groups excluding carboxylic acids is 2. The molecule has 2 N–H and O–H groups in total. The molecule has 0 aliphatic carbocycles. The highest BCUT2D eigenvalue weighted by molar-refractivity contribution is 7.18. The average Bonchev–Trinajstić information content (AvgIpc) is 3.42. The molecule has 0 saturated carbocycles. The van der Waals surface area contributed by atoms with Crippen LogP contribution < -0.4 is 15.4 Å². The number of ether oxygens (including phenoxy) is 1. The first-order valence-corrected chi connectivity index (χ1v) is 11.6. The predicted octanol–water partition coefficient (Wildman–Crippen LogP) is 5.22. The number of benzene rings is 2. The molecule has 0 radical (unpaired) electrons. The Morgan fingerprint density at radius 1 is 1.12 bits per heavy atom. The van der Waals surface area contributed by atoms with Crippen LogP contribution in [-0.4, -0.2) is 28.5 Å². The molecule has 0 saturated heterocycles. The molecule has 2 aromatic heterocycles. The van der Waals surface area contributed by atoms with Crippen molar-refractivity contribution in [3.63, 3.8) is 0 Å². The second kappa shape index (κ2) is 10.1. The number of hydrogen-bond acceptors (Lipinski definition) is 5. The lowest BCUT2D eigenvalue weighted by Gasteiger charge is -2.19. The minimum atomic E-state index is -0.495. The number of rotatable bonds is 7. The van der Waals surface area contributed by atoms with E-state index in [0.717, 1.165) is 11.1 Å². The second-order valence-corrected chi connectivity index (χ2v) is 9.10. The van der Waals surface area contributed by atoms with E-state index in [1.807, 2.05) is 49.0 Å². The molecule has 0 bridgehead atoms. The number of carbonyl (C=O) groups is 2. The Bertz CT molecular complexity index is 1350. The van der Waals surface area contributed by atoms with Gasteiger partial charge in [-0.2, -0.15) is 0 Å². The highest BCUT2D eigenvalue weighted by atomic mass is 35.5. The van der Waals surface area contributed by atoms with Gasteiger partial charge >= 0.3 is 0 Å². The van der Waals surface area contributed by atoms with Gasteiger partial charge in [0.15, 0.2) is 0 Å². The van der Waals surface area contributed by atoms with Gasteiger partial charge in [-0.05, 0) is 48.4 Å². The summed E-state index contributed by atoms with van der Waals surface area (Å²) in [7, 11) is 3.47. The van der Waals surface area contributed by atoms with Crippen LogP contribution in [0, 0.1) is 6.92 Å². The predicted molar refractivity (Wildman–Crippen MR) is 134 cm³/mol. The van der Waals surface area contributed by atoms with Crippen LogP contribution >= 0.6 is 22.9 Å². The zero-order valence-electron chi connectivity index (χ0n) is 18.8. The lowest BCUT2D eigenvalue weighted by Crippen LogP contribution is -2.31. The Hall–Kier alpha value is -3.62. The van der Waals surface area contributed by atoms with Gasteiger partial charge in [-0.15, -0.1) is 11.3 Å². The Balaban J connectivity index is 1.59. The van der Waals surface area contributed by atoms with Gasteiger partial charge in [-0.25, -0.2) is 4.98 Å². The third kappa shape index (κ3) is 4.98. The summed E-state index contributed by atoms with van der Waals surface area (Å²) < 4.78 is 7.22. The standard InChI is InChI=1S/C25H23ClN4O3S/c1-15-13-20(28-24(31)18-9-4-5-10-19(18)26)34-22(15)25(32)29-21(23-27-11-12-30(23)2)16-7-6-8-17(14-16)33-3/h4-14,21H,1-3H3,(H,28,31)(H,29,32). The molecule has 2 heterocycles. The maximum Gasteiger partial charge on any atom is 0.262 e. The average molecular weight is 495 g/mol. The summed E-state index contributed by atoms with van der Waals surface area (Å²) >= 11 is 7.34. The zero-order valence-corrected chi connectivity index (χ0v) is 20.4. The first-order valence-electron chi connectivity index (χ1n) is 10.5. The zero-order chi connectivity index (χ0) is 24.2. The number of halogens is 1. The van der Waals surface area contributed by atoms with Gasteiger partial charge in [-0.3, -0.25) is 9.59 Å². The first-order chi connectivity index (χ1) is 16.4. The molecular weight excluding hydrogens is 472 g/mol. The van der Waals surface area contributed by atoms with E-state index in [9.17, 15) is 9.59 Å². The number of nitrogens with one attached hydrogen (secondary N) is 2. The van der Waals surface area contributed by atoms with E-state index in [2.05, 4.69) is 15.6 Å². The number of aromatic nitrogens is 2. The van der Waals surface area contributed by atoms with Crippen molar-refractivity contribution in [1.29, 1.82) is 0 Å². The van der Waals surface area contributed by atoms with Crippen molar-refractivity contribution in [2.75, 3.05) is 12.4 Å². The third-order valence-electron chi connectivity index (χ3n) is 5.30. The third-order valence-corrected chi connectivity index (χ3v) is 6.78. The van der Waals surface area contributed by atoms with E-state index in [1.54, 1.807) is 43.6 Å². The Labute approximate surface area is 206 Å². The van der Waals surface area contributed by atoms with Crippen molar-refractivity contribution in [1.82, 2.24) is 14.9 Å². The van der Waals surface area contributed by atoms with Crippen molar-refractivity contribution in [2.45, 2.75) is 13.0 Å². The number of anilines is 1. The van der Waals surface area contributed by atoms with Crippen molar-refractivity contribution < 1.29 is 14.3 Å². The van der Waals surface area contributed by atoms with E-state index in [1.165, 1.54) is 11.3 Å². The number of methoxy groups -OCH3 is 1. The van der Waals surface area contributed by atoms with E-state index in [4.69, 9.17) is 16.3 Å². The molecule has 0 aliphatic rings. The fourth-order valence-electron chi connectivity index (χ4n) is 3.56. The van der Waals surface area contributed by atoms with Crippen LogP contribution in [0.15, 0.2) is 67.0 Å². The van der Waals surface area contributed by atoms with E-state index < -0.39 is 6.04 Å². The number of aryl methyl sites for hydroxylation is 2. The molecule has 34 heavy (non-hydrogen) atoms. The second-order valence-electron chi connectivity index (χ2n) is 7.64. The maximum atomic E-state index is 13.3. The quantitative estimate of drug-likeness (QED) is 0.368. The van der Waals surface area contributed by atoms with Crippen LogP contribution in [0.1, 0.15) is 43.0 Å². The molecule has 0 spiro atoms. The molecule has 2 amide bonds. The van der Waals surface area contributed by atoms with Crippen molar-refractivity contribution in [2.24, 2.45) is 7.05 Å². The van der Waals surface area contributed by atoms with Gasteiger partial charge in [0.25, 0.3) is 11.8 Å². The molecule has 4 rings (SSSR count). The summed E-state index contributed by atoms with van der Waals surface area (Å²) in [5.41, 5.74) is 1.96. The number of thiophene rings is 1. The first kappa shape index (κ1) is 23.5. The van der Waals surface area contributed by atoms with Gasteiger partial charge in [0.2, 0.25) is 0 Å². The Morgan fingerprint density at radius 2 is 1.91 bits per heavy atom. The Morgan fingerprint density at radius 3 is 2.62 bits per heavy atom. The molecule has 0 aliphatic heterocycles. The van der Waals surface area contributed by atoms with Crippen LogP contribution in [0.5, 0.6) is 5.75 Å². The highest BCUT2D eigenvalue weighted by Crippen LogP contribution is 2.30. The minimum absolute atomic E-state index is 0.267. The van der Waals surface area contributed by atoms with E-state index in [0.29, 0.717) is 32.0 Å². The van der Waals surface area contributed by atoms with Gasteiger partial charge in [-0.1, -0.05) is 35.9 Å². The number of imidazole rings is 1. The fourth-order valence-corrected chi connectivity index (χ4v) is 4.76. The fraction of sp³-hybridized carbons (Fsp3) is 0.160. The summed E-state index contributed by atoms with van der Waals surface area (Å²) in [5.74, 6) is 0.767. The van der Waals surface area contributed by atoms with Gasteiger partial charge in [0, 0.05) is 19.4 Å². The van der Waals surface area contributed by atoms with Gasteiger partial charge in [0.05, 0.1) is 27.6 Å². The summed E-state index contributed by atoms with van der Waals surface area (Å²) in [5, 5.41) is 6.85. The summed E-state index contributed by atoms with van der Waals surface area (Å²) in [6, 6.07) is 15.6. The molecule has 1 atom stereocenters. The summed E-state index contributed by atoms with van der Waals surface area (Å²) in [6.45, 7) is 1.83. The van der Waals surface area contributed by atoms with Crippen LogP contribution in [0.2, 0.25) is 5.02 Å². The smallest absolute Gasteiger partial charge is 0.262 e. The van der Waals surface area contributed by atoms with Crippen LogP contribution in [0.3, 0.4) is 0 Å². The molecule has 9 heteroatoms. The molecule has 2 aromatic carbocycles. The number of hydrogen-bond donors (Lipinski definition) is 2. The number of amides is 2. The molecular formula is C25H23ClN4O3S. The number of nitrogens with zero attached hydrogens (tertiary/aromatic N) is 2. The van der Waals surface area contributed by atoms with Crippen LogP contribution in [0.25, 0.3) is 0 Å². The molecule has 0 fully saturated rings. The summed E-state index contributed by atoms with van der Waals surface area (Å²) in [6.07, 6.45) is 3.51. The van der Waals surface area contributed by atoms with Crippen LogP contribution in [-0.2, 0) is 7.05 Å². The Kier molecular flexibility index (Phi) is 7.00. The lowest BCUT2D eigenvalue weighted by atomic mass is 10.1. The molecule has 174 valence electrons. The normalized spacial score (nSPS) is 11.6. The summed E-state index contributed by atoms with van der Waals surface area (Å²) in [4.78, 5) is 30.9. The highest BCUT2D eigenvalue weighted by Gasteiger charge is 2.24. The monoisotopic (exact) mass is 494 g/mol. The van der Waals surface area contributed by atoms with Gasteiger partial charge in [0.1, 0.15) is 17.6 Å².